The normalized spacial score (nSPS) is 12.0. The van der Waals surface area contributed by atoms with Gasteiger partial charge in [0.1, 0.15) is 13.2 Å². The zero-order chi connectivity index (χ0) is 36.6. The van der Waals surface area contributed by atoms with Crippen molar-refractivity contribution < 1.29 is 28.6 Å². The summed E-state index contributed by atoms with van der Waals surface area (Å²) >= 11 is 0. The van der Waals surface area contributed by atoms with Crippen molar-refractivity contribution >= 4 is 17.9 Å². The number of esters is 3. The molecule has 1 unspecified atom stereocenters. The van der Waals surface area contributed by atoms with Crippen molar-refractivity contribution in [1.29, 1.82) is 0 Å². The van der Waals surface area contributed by atoms with Crippen molar-refractivity contribution in [3.8, 4) is 0 Å². The number of ether oxygens (including phenoxy) is 3. The van der Waals surface area contributed by atoms with Gasteiger partial charge < -0.3 is 14.2 Å². The molecule has 0 aliphatic carbocycles. The second-order valence-electron chi connectivity index (χ2n) is 14.6. The van der Waals surface area contributed by atoms with Gasteiger partial charge in [-0.1, -0.05) is 181 Å². The van der Waals surface area contributed by atoms with E-state index in [1.165, 1.54) is 128 Å². The molecule has 0 rings (SSSR count). The van der Waals surface area contributed by atoms with E-state index in [4.69, 9.17) is 14.2 Å². The first kappa shape index (κ1) is 48.1. The van der Waals surface area contributed by atoms with Gasteiger partial charge in [0.2, 0.25) is 0 Å². The molecule has 294 valence electrons. The predicted octanol–water partition coefficient (Wildman–Crippen LogP) is 13.5. The van der Waals surface area contributed by atoms with Gasteiger partial charge in [0.05, 0.1) is 0 Å². The third kappa shape index (κ3) is 37.4. The third-order valence-corrected chi connectivity index (χ3v) is 9.52. The molecule has 0 amide bonds. The molecule has 0 aromatic heterocycles. The van der Waals surface area contributed by atoms with Crippen LogP contribution in [0.25, 0.3) is 0 Å². The lowest BCUT2D eigenvalue weighted by molar-refractivity contribution is -0.167. The highest BCUT2D eigenvalue weighted by atomic mass is 16.6. The van der Waals surface area contributed by atoms with E-state index in [-0.39, 0.29) is 31.1 Å². The van der Waals surface area contributed by atoms with Crippen LogP contribution < -0.4 is 0 Å². The second-order valence-corrected chi connectivity index (χ2v) is 14.6. The van der Waals surface area contributed by atoms with Gasteiger partial charge >= 0.3 is 17.9 Å². The molecule has 0 saturated carbocycles. The highest BCUT2D eigenvalue weighted by Crippen LogP contribution is 2.14. The summed E-state index contributed by atoms with van der Waals surface area (Å²) in [5.41, 5.74) is 0. The van der Waals surface area contributed by atoms with Gasteiger partial charge in [-0.15, -0.1) is 0 Å². The number of carbonyl (C=O) groups excluding carboxylic acids is 3. The SMILES string of the molecule is CCCCCCC/C=C\CCCCCCCC(=O)OCC(COC(=O)CCCCCCCCCC)OC(=O)CCCCCCCCCCCC. The van der Waals surface area contributed by atoms with E-state index in [0.717, 1.165) is 64.2 Å². The lowest BCUT2D eigenvalue weighted by Gasteiger charge is -2.18. The Bertz CT molecular complexity index is 778. The molecule has 0 aliphatic rings. The summed E-state index contributed by atoms with van der Waals surface area (Å²) < 4.78 is 16.6. The smallest absolute Gasteiger partial charge is 0.306 e. The van der Waals surface area contributed by atoms with Crippen molar-refractivity contribution in [2.24, 2.45) is 0 Å². The monoisotopic (exact) mass is 707 g/mol. The molecule has 0 radical (unpaired) electrons. The number of hydrogen-bond acceptors (Lipinski definition) is 6. The Morgan fingerprint density at radius 3 is 1.00 bits per heavy atom. The molecule has 0 saturated heterocycles. The highest BCUT2D eigenvalue weighted by molar-refractivity contribution is 5.71. The third-order valence-electron chi connectivity index (χ3n) is 9.52. The van der Waals surface area contributed by atoms with Crippen molar-refractivity contribution in [2.45, 2.75) is 239 Å². The minimum Gasteiger partial charge on any atom is -0.462 e. The maximum atomic E-state index is 12.6. The number of hydrogen-bond donors (Lipinski definition) is 0. The fraction of sp³-hybridized carbons (Fsp3) is 0.886. The second kappa shape index (κ2) is 39.9. The molecule has 0 aromatic carbocycles. The van der Waals surface area contributed by atoms with Crippen molar-refractivity contribution in [1.82, 2.24) is 0 Å². The molecule has 0 bridgehead atoms. The maximum Gasteiger partial charge on any atom is 0.306 e. The van der Waals surface area contributed by atoms with E-state index in [0.29, 0.717) is 19.3 Å². The van der Waals surface area contributed by atoms with E-state index in [1.807, 2.05) is 0 Å². The van der Waals surface area contributed by atoms with E-state index in [2.05, 4.69) is 32.9 Å². The number of allylic oxidation sites excluding steroid dienone is 2. The summed E-state index contributed by atoms with van der Waals surface area (Å²) in [5, 5.41) is 0. The van der Waals surface area contributed by atoms with Gasteiger partial charge in [-0.2, -0.15) is 0 Å². The van der Waals surface area contributed by atoms with E-state index in [9.17, 15) is 14.4 Å². The van der Waals surface area contributed by atoms with Gasteiger partial charge in [0.25, 0.3) is 0 Å². The number of rotatable bonds is 39. The Morgan fingerprint density at radius 2 is 0.660 bits per heavy atom. The zero-order valence-corrected chi connectivity index (χ0v) is 33.4. The van der Waals surface area contributed by atoms with Crippen molar-refractivity contribution in [2.75, 3.05) is 13.2 Å². The quantitative estimate of drug-likeness (QED) is 0.0274. The Balaban J connectivity index is 4.32. The van der Waals surface area contributed by atoms with Crippen LogP contribution in [0.15, 0.2) is 12.2 Å². The Kier molecular flexibility index (Phi) is 38.5. The van der Waals surface area contributed by atoms with Crippen LogP contribution >= 0.6 is 0 Å². The topological polar surface area (TPSA) is 78.9 Å². The Hall–Kier alpha value is -1.85. The molecule has 6 nitrogen and oxygen atoms in total. The molecule has 0 heterocycles. The molecular formula is C44H82O6. The molecule has 50 heavy (non-hydrogen) atoms. The molecule has 0 aliphatic heterocycles. The summed E-state index contributed by atoms with van der Waals surface area (Å²) in [6, 6.07) is 0. The Labute approximate surface area is 310 Å². The summed E-state index contributed by atoms with van der Waals surface area (Å²) in [5.74, 6) is -0.879. The van der Waals surface area contributed by atoms with Gasteiger partial charge in [-0.05, 0) is 44.9 Å². The molecule has 0 N–H and O–H groups in total. The highest BCUT2D eigenvalue weighted by Gasteiger charge is 2.19. The van der Waals surface area contributed by atoms with E-state index in [1.54, 1.807) is 0 Å². The van der Waals surface area contributed by atoms with Gasteiger partial charge in [-0.3, -0.25) is 14.4 Å². The lowest BCUT2D eigenvalue weighted by atomic mass is 10.1. The average Bonchev–Trinajstić information content (AvgIpc) is 3.11. The summed E-state index contributed by atoms with van der Waals surface area (Å²) in [6.45, 7) is 6.58. The van der Waals surface area contributed by atoms with E-state index < -0.39 is 6.10 Å². The lowest BCUT2D eigenvalue weighted by Crippen LogP contribution is -2.30. The van der Waals surface area contributed by atoms with Crippen LogP contribution in [0.1, 0.15) is 233 Å². The van der Waals surface area contributed by atoms with Crippen LogP contribution in [0.4, 0.5) is 0 Å². The largest absolute Gasteiger partial charge is 0.462 e. The molecule has 0 fully saturated rings. The fourth-order valence-electron chi connectivity index (χ4n) is 6.20. The Morgan fingerprint density at radius 1 is 0.380 bits per heavy atom. The van der Waals surface area contributed by atoms with Crippen LogP contribution in [-0.2, 0) is 28.6 Å². The van der Waals surface area contributed by atoms with Gasteiger partial charge in [0, 0.05) is 19.3 Å². The van der Waals surface area contributed by atoms with Crippen LogP contribution in [-0.4, -0.2) is 37.2 Å². The minimum atomic E-state index is -0.763. The van der Waals surface area contributed by atoms with Crippen LogP contribution in [0, 0.1) is 0 Å². The van der Waals surface area contributed by atoms with Crippen LogP contribution in [0.3, 0.4) is 0 Å². The van der Waals surface area contributed by atoms with Crippen LogP contribution in [0.5, 0.6) is 0 Å². The average molecular weight is 707 g/mol. The first-order chi connectivity index (χ1) is 24.5. The molecule has 0 aromatic rings. The molecule has 0 spiro atoms. The first-order valence-corrected chi connectivity index (χ1v) is 21.7. The fourth-order valence-corrected chi connectivity index (χ4v) is 6.20. The molecule has 1 atom stereocenters. The van der Waals surface area contributed by atoms with E-state index >= 15 is 0 Å². The number of carbonyl (C=O) groups is 3. The standard InChI is InChI=1S/C44H82O6/c1-4-7-10-13-16-19-21-22-23-24-26-28-31-34-37-43(46)49-40-41(39-48-42(45)36-33-30-27-18-15-12-9-6-3)50-44(47)38-35-32-29-25-20-17-14-11-8-5-2/h21-22,41H,4-20,23-40H2,1-3H3/b22-21-. The zero-order valence-electron chi connectivity index (χ0n) is 33.4. The summed E-state index contributed by atoms with van der Waals surface area (Å²) in [7, 11) is 0. The summed E-state index contributed by atoms with van der Waals surface area (Å²) in [6.07, 6.45) is 40.5. The van der Waals surface area contributed by atoms with Gasteiger partial charge in [0.15, 0.2) is 6.10 Å². The minimum absolute atomic E-state index is 0.0692. The predicted molar refractivity (Wildman–Crippen MR) is 210 cm³/mol. The van der Waals surface area contributed by atoms with Crippen LogP contribution in [0.2, 0.25) is 0 Å². The first-order valence-electron chi connectivity index (χ1n) is 21.7. The molecular weight excluding hydrogens is 624 g/mol. The summed E-state index contributed by atoms with van der Waals surface area (Å²) in [4.78, 5) is 37.5. The molecule has 6 heteroatoms. The maximum absolute atomic E-state index is 12.6. The van der Waals surface area contributed by atoms with Gasteiger partial charge in [-0.25, -0.2) is 0 Å². The van der Waals surface area contributed by atoms with Crippen molar-refractivity contribution in [3.63, 3.8) is 0 Å². The van der Waals surface area contributed by atoms with Crippen molar-refractivity contribution in [3.05, 3.63) is 12.2 Å². The number of unbranched alkanes of at least 4 members (excludes halogenated alkanes) is 26.